The van der Waals surface area contributed by atoms with Crippen LogP contribution < -0.4 is 0 Å². The SMILES string of the molecule is O=C(C1CCCC1)N1CC(=O)N2[C@@H](CO)[C@@H](c3ccc(Br)cc3)[C@@H]2C1. The number of aliphatic hydroxyl groups is 1. The van der Waals surface area contributed by atoms with E-state index in [1.54, 1.807) is 9.80 Å². The molecule has 0 unspecified atom stereocenters. The summed E-state index contributed by atoms with van der Waals surface area (Å²) in [6.45, 7) is 0.702. The Balaban J connectivity index is 1.55. The van der Waals surface area contributed by atoms with Crippen LogP contribution in [0, 0.1) is 5.92 Å². The summed E-state index contributed by atoms with van der Waals surface area (Å²) in [5, 5.41) is 9.79. The molecule has 0 radical (unpaired) electrons. The Morgan fingerprint density at radius 1 is 1.20 bits per heavy atom. The van der Waals surface area contributed by atoms with Crippen molar-refractivity contribution in [3.8, 4) is 0 Å². The van der Waals surface area contributed by atoms with Crippen LogP contribution in [0.25, 0.3) is 0 Å². The van der Waals surface area contributed by atoms with Gasteiger partial charge in [-0.05, 0) is 30.5 Å². The van der Waals surface area contributed by atoms with Crippen LogP contribution in [0.5, 0.6) is 0 Å². The molecule has 1 N–H and O–H groups in total. The smallest absolute Gasteiger partial charge is 0.242 e. The molecule has 1 aliphatic carbocycles. The Bertz CT molecular complexity index is 672. The van der Waals surface area contributed by atoms with Gasteiger partial charge >= 0.3 is 0 Å². The van der Waals surface area contributed by atoms with Crippen molar-refractivity contribution in [1.29, 1.82) is 0 Å². The number of aliphatic hydroxyl groups excluding tert-OH is 1. The molecule has 1 saturated carbocycles. The quantitative estimate of drug-likeness (QED) is 0.836. The Labute approximate surface area is 156 Å². The largest absolute Gasteiger partial charge is 0.394 e. The lowest BCUT2D eigenvalue weighted by Gasteiger charge is -2.59. The van der Waals surface area contributed by atoms with Gasteiger partial charge in [0, 0.05) is 22.9 Å². The highest BCUT2D eigenvalue weighted by Crippen LogP contribution is 2.43. The molecule has 0 aromatic heterocycles. The van der Waals surface area contributed by atoms with Crippen LogP contribution in [0.3, 0.4) is 0 Å². The van der Waals surface area contributed by atoms with Gasteiger partial charge in [-0.1, -0.05) is 40.9 Å². The highest BCUT2D eigenvalue weighted by Gasteiger charge is 2.54. The third-order valence-electron chi connectivity index (χ3n) is 6.02. The Kier molecular flexibility index (Phi) is 4.58. The first kappa shape index (κ1) is 17.0. The first-order chi connectivity index (χ1) is 12.1. The molecule has 1 aromatic rings. The maximum atomic E-state index is 12.8. The second-order valence-electron chi connectivity index (χ2n) is 7.40. The van der Waals surface area contributed by atoms with Crippen molar-refractivity contribution >= 4 is 27.7 Å². The molecule has 4 rings (SSSR count). The van der Waals surface area contributed by atoms with Gasteiger partial charge in [0.15, 0.2) is 0 Å². The van der Waals surface area contributed by atoms with Crippen LogP contribution in [-0.2, 0) is 9.59 Å². The number of amides is 2. The molecule has 2 amide bonds. The molecule has 6 heteroatoms. The van der Waals surface area contributed by atoms with E-state index >= 15 is 0 Å². The Morgan fingerprint density at radius 2 is 1.88 bits per heavy atom. The first-order valence-corrected chi connectivity index (χ1v) is 9.85. The molecule has 25 heavy (non-hydrogen) atoms. The van der Waals surface area contributed by atoms with E-state index in [-0.39, 0.29) is 48.9 Å². The van der Waals surface area contributed by atoms with Crippen molar-refractivity contribution in [2.24, 2.45) is 5.92 Å². The van der Waals surface area contributed by atoms with E-state index in [4.69, 9.17) is 0 Å². The van der Waals surface area contributed by atoms with E-state index < -0.39 is 0 Å². The summed E-state index contributed by atoms with van der Waals surface area (Å²) in [6, 6.07) is 7.85. The van der Waals surface area contributed by atoms with E-state index in [0.717, 1.165) is 35.7 Å². The summed E-state index contributed by atoms with van der Waals surface area (Å²) in [6.07, 6.45) is 4.13. The fourth-order valence-corrected chi connectivity index (χ4v) is 5.05. The van der Waals surface area contributed by atoms with Gasteiger partial charge in [0.25, 0.3) is 0 Å². The molecule has 5 nitrogen and oxygen atoms in total. The van der Waals surface area contributed by atoms with Crippen LogP contribution in [0.1, 0.15) is 37.2 Å². The number of fused-ring (bicyclic) bond motifs is 1. The molecule has 3 aliphatic rings. The summed E-state index contributed by atoms with van der Waals surface area (Å²) in [5.41, 5.74) is 1.12. The van der Waals surface area contributed by atoms with Gasteiger partial charge in [0.2, 0.25) is 11.8 Å². The van der Waals surface area contributed by atoms with Gasteiger partial charge in [0.05, 0.1) is 25.2 Å². The molecule has 3 atom stereocenters. The third-order valence-corrected chi connectivity index (χ3v) is 6.55. The fourth-order valence-electron chi connectivity index (χ4n) is 4.78. The maximum absolute atomic E-state index is 12.8. The number of rotatable bonds is 3. The van der Waals surface area contributed by atoms with E-state index in [9.17, 15) is 14.7 Å². The molecular weight excluding hydrogens is 384 g/mol. The van der Waals surface area contributed by atoms with Gasteiger partial charge < -0.3 is 14.9 Å². The van der Waals surface area contributed by atoms with Crippen LogP contribution in [0.4, 0.5) is 0 Å². The fraction of sp³-hybridized carbons (Fsp3) is 0.579. The zero-order chi connectivity index (χ0) is 17.6. The minimum absolute atomic E-state index is 0.0232. The number of carbonyl (C=O) groups is 2. The predicted octanol–water partition coefficient (Wildman–Crippen LogP) is 2.14. The summed E-state index contributed by atoms with van der Waals surface area (Å²) in [4.78, 5) is 28.9. The lowest BCUT2D eigenvalue weighted by atomic mass is 9.73. The van der Waals surface area contributed by atoms with Crippen molar-refractivity contribution < 1.29 is 14.7 Å². The van der Waals surface area contributed by atoms with E-state index in [2.05, 4.69) is 15.9 Å². The topological polar surface area (TPSA) is 60.9 Å². The number of nitrogens with zero attached hydrogens (tertiary/aromatic N) is 2. The normalized spacial score (nSPS) is 29.5. The van der Waals surface area contributed by atoms with Crippen LogP contribution in [-0.4, -0.2) is 58.5 Å². The highest BCUT2D eigenvalue weighted by atomic mass is 79.9. The Hall–Kier alpha value is -1.40. The highest BCUT2D eigenvalue weighted by molar-refractivity contribution is 9.10. The molecule has 134 valence electrons. The van der Waals surface area contributed by atoms with Gasteiger partial charge in [-0.15, -0.1) is 0 Å². The zero-order valence-corrected chi connectivity index (χ0v) is 15.7. The standard InChI is InChI=1S/C19H23BrN2O3/c20-14-7-5-12(6-8-14)18-15-9-21(19(25)13-3-1-2-4-13)10-17(24)22(15)16(18)11-23/h5-8,13,15-16,18,23H,1-4,9-11H2/t15-,16-,18-/m0/s1. The van der Waals surface area contributed by atoms with Crippen LogP contribution >= 0.6 is 15.9 Å². The van der Waals surface area contributed by atoms with Crippen LogP contribution in [0.2, 0.25) is 0 Å². The molecule has 3 fully saturated rings. The van der Waals surface area contributed by atoms with Gasteiger partial charge in [0.1, 0.15) is 0 Å². The summed E-state index contributed by atoms with van der Waals surface area (Å²) < 4.78 is 1.01. The van der Waals surface area contributed by atoms with E-state index in [0.29, 0.717) is 6.54 Å². The van der Waals surface area contributed by atoms with Gasteiger partial charge in [-0.2, -0.15) is 0 Å². The average molecular weight is 407 g/mol. The van der Waals surface area contributed by atoms with Crippen LogP contribution in [0.15, 0.2) is 28.7 Å². The second-order valence-corrected chi connectivity index (χ2v) is 8.31. The van der Waals surface area contributed by atoms with Crippen molar-refractivity contribution in [3.63, 3.8) is 0 Å². The molecule has 0 bridgehead atoms. The number of piperazine rings is 1. The number of hydrogen-bond donors (Lipinski definition) is 1. The maximum Gasteiger partial charge on any atom is 0.242 e. The lowest BCUT2D eigenvalue weighted by Crippen LogP contribution is -2.73. The molecule has 2 heterocycles. The van der Waals surface area contributed by atoms with Gasteiger partial charge in [-0.3, -0.25) is 9.59 Å². The third kappa shape index (κ3) is 2.89. The minimum Gasteiger partial charge on any atom is -0.394 e. The number of benzene rings is 1. The second kappa shape index (κ2) is 6.72. The van der Waals surface area contributed by atoms with Crippen molar-refractivity contribution in [1.82, 2.24) is 9.80 Å². The number of halogens is 1. The summed E-state index contributed by atoms with van der Waals surface area (Å²) >= 11 is 3.44. The molecule has 0 spiro atoms. The monoisotopic (exact) mass is 406 g/mol. The number of carbonyl (C=O) groups excluding carboxylic acids is 2. The Morgan fingerprint density at radius 3 is 2.52 bits per heavy atom. The molecule has 1 aromatic carbocycles. The van der Waals surface area contributed by atoms with Gasteiger partial charge in [-0.25, -0.2) is 0 Å². The minimum atomic E-state index is -0.178. The van der Waals surface area contributed by atoms with Crippen molar-refractivity contribution in [3.05, 3.63) is 34.3 Å². The van der Waals surface area contributed by atoms with Crippen molar-refractivity contribution in [2.45, 2.75) is 43.7 Å². The summed E-state index contributed by atoms with van der Waals surface area (Å²) in [5.74, 6) is 0.294. The molecule has 2 saturated heterocycles. The lowest BCUT2D eigenvalue weighted by molar-refractivity contribution is -0.168. The first-order valence-electron chi connectivity index (χ1n) is 9.06. The number of hydrogen-bond acceptors (Lipinski definition) is 3. The van der Waals surface area contributed by atoms with E-state index in [1.165, 1.54) is 0 Å². The predicted molar refractivity (Wildman–Crippen MR) is 96.9 cm³/mol. The summed E-state index contributed by atoms with van der Waals surface area (Å²) in [7, 11) is 0. The van der Waals surface area contributed by atoms with E-state index in [1.807, 2.05) is 24.3 Å². The molecule has 2 aliphatic heterocycles. The van der Waals surface area contributed by atoms with Crippen molar-refractivity contribution in [2.75, 3.05) is 19.7 Å². The average Bonchev–Trinajstić information content (AvgIpc) is 3.12. The zero-order valence-electron chi connectivity index (χ0n) is 14.1. The molecular formula is C19H23BrN2O3.